The first-order chi connectivity index (χ1) is 13.8. The third-order valence-electron chi connectivity index (χ3n) is 10.8. The Hall–Kier alpha value is -1.20. The molecule has 3 heterocycles. The molecular formula is C24H30O5. The molecule has 2 unspecified atom stereocenters. The minimum Gasteiger partial charge on any atom is -0.429 e. The topological polar surface area (TPSA) is 68.4 Å². The summed E-state index contributed by atoms with van der Waals surface area (Å²) in [4.78, 5) is 23.8. The van der Waals surface area contributed by atoms with Crippen molar-refractivity contribution in [1.82, 2.24) is 0 Å². The monoisotopic (exact) mass is 398 g/mol. The summed E-state index contributed by atoms with van der Waals surface area (Å²) in [5, 5.41) is 0. The van der Waals surface area contributed by atoms with Gasteiger partial charge in [0.2, 0.25) is 6.29 Å². The molecule has 5 heteroatoms. The molecule has 156 valence electrons. The molecule has 0 aromatic carbocycles. The van der Waals surface area contributed by atoms with Crippen LogP contribution in [0.4, 0.5) is 0 Å². The summed E-state index contributed by atoms with van der Waals surface area (Å²) in [5.74, 6) is 2.36. The Morgan fingerprint density at radius 2 is 1.90 bits per heavy atom. The fraction of sp³-hybridized carbons (Fsp3) is 0.833. The molecule has 0 amide bonds. The van der Waals surface area contributed by atoms with Crippen molar-refractivity contribution in [3.63, 3.8) is 0 Å². The highest BCUT2D eigenvalue weighted by atomic mass is 16.8. The zero-order valence-corrected chi connectivity index (χ0v) is 17.3. The molecule has 0 aromatic rings. The molecule has 0 radical (unpaired) electrons. The van der Waals surface area contributed by atoms with Crippen LogP contribution >= 0.6 is 0 Å². The van der Waals surface area contributed by atoms with E-state index in [9.17, 15) is 9.59 Å². The molecule has 29 heavy (non-hydrogen) atoms. The van der Waals surface area contributed by atoms with Gasteiger partial charge in [0, 0.05) is 30.3 Å². The van der Waals surface area contributed by atoms with Crippen molar-refractivity contribution in [2.45, 2.75) is 88.8 Å². The first-order valence-corrected chi connectivity index (χ1v) is 11.6. The second-order valence-corrected chi connectivity index (χ2v) is 11.5. The van der Waals surface area contributed by atoms with Crippen LogP contribution in [-0.2, 0) is 23.8 Å². The zero-order chi connectivity index (χ0) is 19.8. The third kappa shape index (κ3) is 1.83. The van der Waals surface area contributed by atoms with E-state index in [-0.39, 0.29) is 17.0 Å². The SMILES string of the molecule is C[C@]12CCC(=O)C[C@H]1CC[C@@H]1[C@@H]2CC[C@]2(C)[C@@H](C34C=CC(=O)OC3O4)C[C@H]3O[C@]132. The van der Waals surface area contributed by atoms with Gasteiger partial charge in [-0.1, -0.05) is 13.8 Å². The summed E-state index contributed by atoms with van der Waals surface area (Å²) < 4.78 is 18.1. The summed E-state index contributed by atoms with van der Waals surface area (Å²) in [6.07, 6.45) is 11.8. The van der Waals surface area contributed by atoms with E-state index >= 15 is 0 Å². The van der Waals surface area contributed by atoms with Crippen LogP contribution in [0.15, 0.2) is 12.2 Å². The molecule has 0 bridgehead atoms. The Morgan fingerprint density at radius 3 is 2.72 bits per heavy atom. The molecule has 7 aliphatic rings. The summed E-state index contributed by atoms with van der Waals surface area (Å²) in [5.41, 5.74) is -0.0950. The zero-order valence-electron chi connectivity index (χ0n) is 17.3. The van der Waals surface area contributed by atoms with Gasteiger partial charge >= 0.3 is 5.97 Å². The third-order valence-corrected chi connectivity index (χ3v) is 10.8. The maximum Gasteiger partial charge on any atom is 0.332 e. The Kier molecular flexibility index (Phi) is 3.01. The summed E-state index contributed by atoms with van der Waals surface area (Å²) in [6.45, 7) is 4.91. The Balaban J connectivity index is 1.24. The van der Waals surface area contributed by atoms with Crippen LogP contribution in [0.1, 0.15) is 65.2 Å². The predicted molar refractivity (Wildman–Crippen MR) is 103 cm³/mol. The highest BCUT2D eigenvalue weighted by Crippen LogP contribution is 2.79. The molecule has 4 saturated carbocycles. The van der Waals surface area contributed by atoms with Gasteiger partial charge in [0.05, 0.1) is 6.10 Å². The number of ketones is 1. The van der Waals surface area contributed by atoms with Crippen molar-refractivity contribution in [2.75, 3.05) is 0 Å². The lowest BCUT2D eigenvalue weighted by Crippen LogP contribution is -2.59. The molecular weight excluding hydrogens is 368 g/mol. The number of hydrogen-bond acceptors (Lipinski definition) is 5. The Morgan fingerprint density at radius 1 is 1.03 bits per heavy atom. The van der Waals surface area contributed by atoms with Gasteiger partial charge < -0.3 is 14.2 Å². The van der Waals surface area contributed by atoms with Crippen molar-refractivity contribution in [3.05, 3.63) is 12.2 Å². The van der Waals surface area contributed by atoms with Gasteiger partial charge in [-0.2, -0.15) is 0 Å². The minimum atomic E-state index is -0.419. The lowest BCUT2D eigenvalue weighted by molar-refractivity contribution is -0.151. The summed E-state index contributed by atoms with van der Waals surface area (Å²) in [7, 11) is 0. The highest BCUT2D eigenvalue weighted by Gasteiger charge is 2.85. The van der Waals surface area contributed by atoms with E-state index in [4.69, 9.17) is 14.2 Å². The van der Waals surface area contributed by atoms with Crippen LogP contribution in [0.25, 0.3) is 0 Å². The quantitative estimate of drug-likeness (QED) is 0.499. The number of ether oxygens (including phenoxy) is 3. The molecule has 0 N–H and O–H groups in total. The average Bonchev–Trinajstić information content (AvgIpc) is 3.57. The van der Waals surface area contributed by atoms with Crippen LogP contribution in [0.5, 0.6) is 0 Å². The van der Waals surface area contributed by atoms with Crippen LogP contribution < -0.4 is 0 Å². The molecule has 7 rings (SSSR count). The van der Waals surface area contributed by atoms with E-state index in [1.807, 2.05) is 6.08 Å². The van der Waals surface area contributed by atoms with E-state index in [1.54, 1.807) is 6.08 Å². The first kappa shape index (κ1) is 17.5. The van der Waals surface area contributed by atoms with Crippen molar-refractivity contribution in [2.24, 2.45) is 34.5 Å². The Bertz CT molecular complexity index is 865. The number of esters is 1. The summed E-state index contributed by atoms with van der Waals surface area (Å²) in [6, 6.07) is 0. The second kappa shape index (κ2) is 4.99. The van der Waals surface area contributed by atoms with Gasteiger partial charge in [-0.05, 0) is 67.8 Å². The number of epoxide rings is 2. The lowest BCUT2D eigenvalue weighted by atomic mass is 9.44. The largest absolute Gasteiger partial charge is 0.429 e. The number of carbonyl (C=O) groups is 2. The number of carbonyl (C=O) groups excluding carboxylic acids is 2. The number of rotatable bonds is 1. The van der Waals surface area contributed by atoms with Crippen molar-refractivity contribution in [3.8, 4) is 0 Å². The van der Waals surface area contributed by atoms with Gasteiger partial charge in [-0.15, -0.1) is 0 Å². The minimum absolute atomic E-state index is 0.0312. The smallest absolute Gasteiger partial charge is 0.332 e. The number of Topliss-reactive ketones (excluding diaryl/α,β-unsaturated/α-hetero) is 1. The maximum atomic E-state index is 12.1. The fourth-order valence-electron chi connectivity index (χ4n) is 9.25. The predicted octanol–water partition coefficient (Wildman–Crippen LogP) is 3.55. The van der Waals surface area contributed by atoms with E-state index in [0.29, 0.717) is 41.0 Å². The Labute approximate surface area is 171 Å². The van der Waals surface area contributed by atoms with Gasteiger partial charge in [0.15, 0.2) is 5.60 Å². The van der Waals surface area contributed by atoms with Crippen LogP contribution in [0.3, 0.4) is 0 Å². The van der Waals surface area contributed by atoms with E-state index < -0.39 is 11.9 Å². The normalized spacial score (nSPS) is 61.6. The first-order valence-electron chi connectivity index (χ1n) is 11.6. The molecule has 3 aliphatic heterocycles. The van der Waals surface area contributed by atoms with Crippen LogP contribution in [0.2, 0.25) is 0 Å². The molecule has 10 atom stereocenters. The highest BCUT2D eigenvalue weighted by molar-refractivity contribution is 5.84. The van der Waals surface area contributed by atoms with Gasteiger partial charge in [-0.3, -0.25) is 4.79 Å². The maximum absolute atomic E-state index is 12.1. The lowest BCUT2D eigenvalue weighted by Gasteiger charge is -2.60. The summed E-state index contributed by atoms with van der Waals surface area (Å²) >= 11 is 0. The van der Waals surface area contributed by atoms with Crippen molar-refractivity contribution < 1.29 is 23.8 Å². The van der Waals surface area contributed by atoms with E-state index in [1.165, 1.54) is 19.3 Å². The van der Waals surface area contributed by atoms with E-state index in [0.717, 1.165) is 32.1 Å². The number of hydrogen-bond donors (Lipinski definition) is 0. The van der Waals surface area contributed by atoms with Gasteiger partial charge in [-0.25, -0.2) is 4.79 Å². The molecule has 5 nitrogen and oxygen atoms in total. The van der Waals surface area contributed by atoms with E-state index in [2.05, 4.69) is 13.8 Å². The standard InChI is InChI=1S/C24H30O5/c1-21-8-5-14(25)11-13(21)3-4-16-15(21)6-9-22(2)17(12-18-24(16,22)28-18)23-10-7-19(26)27-20(23)29-23/h7,10,13,15-18,20H,3-6,8-9,11-12H2,1-2H3/t13-,15+,16-,17+,18-,20?,21+,22-,23?,24-/m1/s1. The van der Waals surface area contributed by atoms with Crippen LogP contribution in [0, 0.1) is 34.5 Å². The average molecular weight is 398 g/mol. The van der Waals surface area contributed by atoms with Crippen molar-refractivity contribution >= 4 is 11.8 Å². The number of fused-ring (bicyclic) bond motifs is 4. The molecule has 1 spiro atoms. The molecule has 4 aliphatic carbocycles. The van der Waals surface area contributed by atoms with Crippen LogP contribution in [-0.4, -0.2) is 35.3 Å². The van der Waals surface area contributed by atoms with Crippen molar-refractivity contribution in [1.29, 1.82) is 0 Å². The molecule has 2 saturated heterocycles. The van der Waals surface area contributed by atoms with Gasteiger partial charge in [0.1, 0.15) is 11.4 Å². The second-order valence-electron chi connectivity index (χ2n) is 11.5. The molecule has 6 fully saturated rings. The molecule has 0 aromatic heterocycles. The van der Waals surface area contributed by atoms with Gasteiger partial charge in [0.25, 0.3) is 0 Å². The fourth-order valence-corrected chi connectivity index (χ4v) is 9.25.